The molecule has 2 aromatic carbocycles. The van der Waals surface area contributed by atoms with E-state index in [1.54, 1.807) is 0 Å². The van der Waals surface area contributed by atoms with Crippen molar-refractivity contribution < 1.29 is 14.1 Å². The third kappa shape index (κ3) is 4.69. The lowest BCUT2D eigenvalue weighted by molar-refractivity contribution is -0.116. The zero-order valence-electron chi connectivity index (χ0n) is 14.6. The summed E-state index contributed by atoms with van der Waals surface area (Å²) in [5.74, 6) is 1.51. The molecule has 6 heteroatoms. The van der Waals surface area contributed by atoms with Crippen LogP contribution in [-0.4, -0.2) is 16.0 Å². The predicted octanol–water partition coefficient (Wildman–Crippen LogP) is 4.44. The third-order valence-electron chi connectivity index (χ3n) is 3.77. The number of unbranched alkanes of at least 4 members (excludes halogenated alkanes) is 1. The molecule has 1 aromatic heterocycles. The van der Waals surface area contributed by atoms with E-state index in [1.165, 1.54) is 0 Å². The fraction of sp³-hybridized carbons (Fsp3) is 0.250. The Bertz CT molecular complexity index is 846. The number of amides is 1. The molecule has 3 aromatic rings. The minimum Gasteiger partial charge on any atom is -0.485 e. The van der Waals surface area contributed by atoms with Crippen molar-refractivity contribution >= 4 is 11.6 Å². The molecular formula is C20H21N3O3. The average Bonchev–Trinajstić information content (AvgIpc) is 3.15. The van der Waals surface area contributed by atoms with Gasteiger partial charge in [0.1, 0.15) is 5.75 Å². The van der Waals surface area contributed by atoms with Crippen LogP contribution in [0.15, 0.2) is 59.1 Å². The van der Waals surface area contributed by atoms with Gasteiger partial charge in [0.15, 0.2) is 6.61 Å². The third-order valence-corrected chi connectivity index (χ3v) is 3.77. The summed E-state index contributed by atoms with van der Waals surface area (Å²) >= 11 is 0. The SMILES string of the molecule is CCCCC(=O)Nc1ccccc1-c1nc(COc2ccccc2)no1. The van der Waals surface area contributed by atoms with Gasteiger partial charge in [-0.25, -0.2) is 0 Å². The van der Waals surface area contributed by atoms with Gasteiger partial charge in [0.25, 0.3) is 5.89 Å². The molecule has 1 N–H and O–H groups in total. The highest BCUT2D eigenvalue weighted by atomic mass is 16.5. The second kappa shape index (κ2) is 8.80. The van der Waals surface area contributed by atoms with Crippen molar-refractivity contribution in [1.29, 1.82) is 0 Å². The Morgan fingerprint density at radius 3 is 2.69 bits per heavy atom. The van der Waals surface area contributed by atoms with Crippen molar-refractivity contribution in [3.63, 3.8) is 0 Å². The van der Waals surface area contributed by atoms with Crippen molar-refractivity contribution in [1.82, 2.24) is 10.1 Å². The fourth-order valence-corrected chi connectivity index (χ4v) is 2.42. The highest BCUT2D eigenvalue weighted by Gasteiger charge is 2.14. The summed E-state index contributed by atoms with van der Waals surface area (Å²) in [4.78, 5) is 16.4. The number of nitrogens with zero attached hydrogens (tertiary/aromatic N) is 2. The number of benzene rings is 2. The minimum absolute atomic E-state index is 0.0218. The molecule has 0 unspecified atom stereocenters. The number of aromatic nitrogens is 2. The summed E-state index contributed by atoms with van der Waals surface area (Å²) in [6.45, 7) is 2.26. The van der Waals surface area contributed by atoms with Crippen LogP contribution in [0.25, 0.3) is 11.5 Å². The first-order valence-corrected chi connectivity index (χ1v) is 8.66. The van der Waals surface area contributed by atoms with E-state index in [1.807, 2.05) is 54.6 Å². The molecule has 0 fully saturated rings. The molecule has 3 rings (SSSR count). The fourth-order valence-electron chi connectivity index (χ4n) is 2.42. The van der Waals surface area contributed by atoms with E-state index >= 15 is 0 Å². The zero-order chi connectivity index (χ0) is 18.2. The first-order chi connectivity index (χ1) is 12.8. The first-order valence-electron chi connectivity index (χ1n) is 8.66. The Morgan fingerprint density at radius 2 is 1.88 bits per heavy atom. The Kier molecular flexibility index (Phi) is 5.98. The molecule has 6 nitrogen and oxygen atoms in total. The maximum Gasteiger partial charge on any atom is 0.260 e. The highest BCUT2D eigenvalue weighted by Crippen LogP contribution is 2.26. The van der Waals surface area contributed by atoms with Crippen LogP contribution in [-0.2, 0) is 11.4 Å². The molecule has 0 aliphatic heterocycles. The normalized spacial score (nSPS) is 10.5. The van der Waals surface area contributed by atoms with Crippen molar-refractivity contribution in [3.8, 4) is 17.2 Å². The van der Waals surface area contributed by atoms with E-state index in [2.05, 4.69) is 22.4 Å². The van der Waals surface area contributed by atoms with Gasteiger partial charge in [-0.3, -0.25) is 4.79 Å². The van der Waals surface area contributed by atoms with Gasteiger partial charge in [-0.1, -0.05) is 48.8 Å². The van der Waals surface area contributed by atoms with Crippen molar-refractivity contribution in [2.24, 2.45) is 0 Å². The second-order valence-corrected chi connectivity index (χ2v) is 5.81. The summed E-state index contributed by atoms with van der Waals surface area (Å²) in [7, 11) is 0. The second-order valence-electron chi connectivity index (χ2n) is 5.81. The molecule has 0 spiro atoms. The van der Waals surface area contributed by atoms with E-state index in [-0.39, 0.29) is 12.5 Å². The number of carbonyl (C=O) groups excluding carboxylic acids is 1. The molecule has 1 heterocycles. The Hall–Kier alpha value is -3.15. The van der Waals surface area contributed by atoms with Crippen LogP contribution in [0.5, 0.6) is 5.75 Å². The first kappa shape index (κ1) is 17.7. The molecule has 26 heavy (non-hydrogen) atoms. The molecule has 0 saturated carbocycles. The standard InChI is InChI=1S/C20H21N3O3/c1-2-3-13-19(24)21-17-12-8-7-11-16(17)20-22-18(23-26-20)14-25-15-9-5-4-6-10-15/h4-12H,2-3,13-14H2,1H3,(H,21,24). The van der Waals surface area contributed by atoms with E-state index < -0.39 is 0 Å². The van der Waals surface area contributed by atoms with Crippen molar-refractivity contribution in [2.45, 2.75) is 32.8 Å². The van der Waals surface area contributed by atoms with Crippen molar-refractivity contribution in [2.75, 3.05) is 5.32 Å². The van der Waals surface area contributed by atoms with Gasteiger partial charge in [-0.2, -0.15) is 4.98 Å². The van der Waals surface area contributed by atoms with Crippen LogP contribution in [0.4, 0.5) is 5.69 Å². The number of ether oxygens (including phenoxy) is 1. The molecule has 0 saturated heterocycles. The summed E-state index contributed by atoms with van der Waals surface area (Å²) < 4.78 is 11.0. The number of rotatable bonds is 8. The van der Waals surface area contributed by atoms with E-state index in [0.29, 0.717) is 29.4 Å². The molecule has 134 valence electrons. The highest BCUT2D eigenvalue weighted by molar-refractivity contribution is 5.94. The maximum atomic E-state index is 12.0. The average molecular weight is 351 g/mol. The summed E-state index contributed by atoms with van der Waals surface area (Å²) in [6, 6.07) is 16.8. The lowest BCUT2D eigenvalue weighted by Crippen LogP contribution is -2.11. The van der Waals surface area contributed by atoms with E-state index in [4.69, 9.17) is 9.26 Å². The molecule has 0 bridgehead atoms. The number of hydrogen-bond donors (Lipinski definition) is 1. The number of nitrogens with one attached hydrogen (secondary N) is 1. The minimum atomic E-state index is -0.0218. The molecule has 0 aliphatic carbocycles. The van der Waals surface area contributed by atoms with Crippen LogP contribution >= 0.6 is 0 Å². The summed E-state index contributed by atoms with van der Waals surface area (Å²) in [5.41, 5.74) is 1.35. The van der Waals surface area contributed by atoms with Gasteiger partial charge >= 0.3 is 0 Å². The van der Waals surface area contributed by atoms with Crippen LogP contribution in [0.3, 0.4) is 0 Å². The Balaban J connectivity index is 1.69. The molecule has 0 atom stereocenters. The van der Waals surface area contributed by atoms with Crippen LogP contribution < -0.4 is 10.1 Å². The largest absolute Gasteiger partial charge is 0.485 e. The quantitative estimate of drug-likeness (QED) is 0.649. The summed E-state index contributed by atoms with van der Waals surface area (Å²) in [6.07, 6.45) is 2.32. The summed E-state index contributed by atoms with van der Waals surface area (Å²) in [5, 5.41) is 6.87. The molecular weight excluding hydrogens is 330 g/mol. The molecule has 0 radical (unpaired) electrons. The number of carbonyl (C=O) groups is 1. The zero-order valence-corrected chi connectivity index (χ0v) is 14.6. The topological polar surface area (TPSA) is 77.2 Å². The Morgan fingerprint density at radius 1 is 1.12 bits per heavy atom. The predicted molar refractivity (Wildman–Crippen MR) is 98.7 cm³/mol. The lowest BCUT2D eigenvalue weighted by atomic mass is 10.1. The smallest absolute Gasteiger partial charge is 0.260 e. The van der Waals surface area contributed by atoms with Crippen LogP contribution in [0, 0.1) is 0 Å². The van der Waals surface area contributed by atoms with Crippen LogP contribution in [0.2, 0.25) is 0 Å². The number of anilines is 1. The van der Waals surface area contributed by atoms with E-state index in [9.17, 15) is 4.79 Å². The van der Waals surface area contributed by atoms with Crippen LogP contribution in [0.1, 0.15) is 32.0 Å². The number of para-hydroxylation sites is 2. The molecule has 0 aliphatic rings. The van der Waals surface area contributed by atoms with Crippen molar-refractivity contribution in [3.05, 3.63) is 60.4 Å². The van der Waals surface area contributed by atoms with Gasteiger partial charge in [0.05, 0.1) is 11.3 Å². The van der Waals surface area contributed by atoms with Gasteiger partial charge in [0.2, 0.25) is 11.7 Å². The number of hydrogen-bond acceptors (Lipinski definition) is 5. The van der Waals surface area contributed by atoms with Gasteiger partial charge in [-0.05, 0) is 30.7 Å². The Labute approximate surface area is 152 Å². The lowest BCUT2D eigenvalue weighted by Gasteiger charge is -2.08. The monoisotopic (exact) mass is 351 g/mol. The van der Waals surface area contributed by atoms with Gasteiger partial charge in [0, 0.05) is 6.42 Å². The van der Waals surface area contributed by atoms with Gasteiger partial charge in [-0.15, -0.1) is 0 Å². The molecule has 1 amide bonds. The van der Waals surface area contributed by atoms with Gasteiger partial charge < -0.3 is 14.6 Å². The maximum absolute atomic E-state index is 12.0. The van der Waals surface area contributed by atoms with E-state index in [0.717, 1.165) is 18.6 Å².